The molecule has 1 aromatic rings. The van der Waals surface area contributed by atoms with Crippen molar-refractivity contribution in [3.05, 3.63) is 29.3 Å². The highest BCUT2D eigenvalue weighted by Gasteiger charge is 1.93. The van der Waals surface area contributed by atoms with Gasteiger partial charge in [0, 0.05) is 10.7 Å². The number of nitrogens with one attached hydrogen (secondary N) is 1. The summed E-state index contributed by atoms with van der Waals surface area (Å²) in [6.45, 7) is 1.88. The maximum absolute atomic E-state index is 5.69. The first-order valence-electron chi connectivity index (χ1n) is 3.46. The molecule has 60 valence electrons. The molecule has 0 saturated heterocycles. The Morgan fingerprint density at radius 3 is 2.36 bits per heavy atom. The number of halogens is 1. The van der Waals surface area contributed by atoms with Gasteiger partial charge in [0.1, 0.15) is 0 Å². The highest BCUT2D eigenvalue weighted by atomic mass is 35.5. The van der Waals surface area contributed by atoms with Crippen molar-refractivity contribution in [2.75, 3.05) is 5.32 Å². The fourth-order valence-corrected chi connectivity index (χ4v) is 0.935. The van der Waals surface area contributed by atoms with Gasteiger partial charge in [-0.25, -0.2) is 0 Å². The zero-order valence-electron chi connectivity index (χ0n) is 6.34. The highest BCUT2D eigenvalue weighted by Crippen LogP contribution is 2.13. The van der Waals surface area contributed by atoms with Gasteiger partial charge in [0.2, 0.25) is 0 Å². The second kappa shape index (κ2) is 3.60. The summed E-state index contributed by atoms with van der Waals surface area (Å²) in [5.41, 5.74) is 6.51. The van der Waals surface area contributed by atoms with Crippen LogP contribution in [0, 0.1) is 0 Å². The quantitative estimate of drug-likeness (QED) is 0.667. The zero-order chi connectivity index (χ0) is 8.27. The monoisotopic (exact) mass is 170 g/mol. The van der Waals surface area contributed by atoms with Crippen molar-refractivity contribution < 1.29 is 0 Å². The van der Waals surface area contributed by atoms with E-state index in [2.05, 4.69) is 5.32 Å². The first-order chi connectivity index (χ1) is 5.18. The van der Waals surface area contributed by atoms with Gasteiger partial charge in [0.05, 0.1) is 6.17 Å². The van der Waals surface area contributed by atoms with Crippen molar-refractivity contribution >= 4 is 17.3 Å². The smallest absolute Gasteiger partial charge is 0.0714 e. The highest BCUT2D eigenvalue weighted by molar-refractivity contribution is 6.30. The fraction of sp³-hybridized carbons (Fsp3) is 0.250. The average molecular weight is 171 g/mol. The predicted molar refractivity (Wildman–Crippen MR) is 48.7 cm³/mol. The third kappa shape index (κ3) is 2.78. The molecule has 0 amide bonds. The molecule has 3 heteroatoms. The van der Waals surface area contributed by atoms with Crippen molar-refractivity contribution in [1.82, 2.24) is 0 Å². The molecule has 0 bridgehead atoms. The average Bonchev–Trinajstić information content (AvgIpc) is 1.93. The maximum atomic E-state index is 5.69. The van der Waals surface area contributed by atoms with Gasteiger partial charge in [0.15, 0.2) is 0 Å². The van der Waals surface area contributed by atoms with Crippen molar-refractivity contribution in [1.29, 1.82) is 0 Å². The van der Waals surface area contributed by atoms with E-state index >= 15 is 0 Å². The van der Waals surface area contributed by atoms with Crippen LogP contribution in [0.25, 0.3) is 0 Å². The van der Waals surface area contributed by atoms with E-state index in [1.165, 1.54) is 0 Å². The van der Waals surface area contributed by atoms with E-state index in [0.29, 0.717) is 0 Å². The molecule has 3 N–H and O–H groups in total. The van der Waals surface area contributed by atoms with Gasteiger partial charge in [-0.15, -0.1) is 0 Å². The Balaban J connectivity index is 2.66. The first kappa shape index (κ1) is 8.37. The largest absolute Gasteiger partial charge is 0.370 e. The summed E-state index contributed by atoms with van der Waals surface area (Å²) in [7, 11) is 0. The number of benzene rings is 1. The third-order valence-electron chi connectivity index (χ3n) is 1.24. The predicted octanol–water partition coefficient (Wildman–Crippen LogP) is 2.06. The first-order valence-corrected chi connectivity index (χ1v) is 3.84. The Bertz CT molecular complexity index is 218. The van der Waals surface area contributed by atoms with Gasteiger partial charge in [-0.1, -0.05) is 11.6 Å². The van der Waals surface area contributed by atoms with Crippen LogP contribution in [0.1, 0.15) is 6.92 Å². The minimum Gasteiger partial charge on any atom is -0.370 e. The Kier molecular flexibility index (Phi) is 2.74. The van der Waals surface area contributed by atoms with Crippen LogP contribution < -0.4 is 11.1 Å². The molecule has 0 saturated carbocycles. The van der Waals surface area contributed by atoms with E-state index in [4.69, 9.17) is 17.3 Å². The molecule has 1 unspecified atom stereocenters. The number of hydrogen-bond acceptors (Lipinski definition) is 2. The second-order valence-electron chi connectivity index (χ2n) is 2.44. The van der Waals surface area contributed by atoms with Crippen LogP contribution >= 0.6 is 11.6 Å². The van der Waals surface area contributed by atoms with Crippen LogP contribution in [0.15, 0.2) is 24.3 Å². The topological polar surface area (TPSA) is 38.0 Å². The van der Waals surface area contributed by atoms with E-state index in [-0.39, 0.29) is 6.17 Å². The molecule has 0 radical (unpaired) electrons. The van der Waals surface area contributed by atoms with Gasteiger partial charge < -0.3 is 11.1 Å². The number of anilines is 1. The molecule has 0 aliphatic rings. The van der Waals surface area contributed by atoms with Crippen molar-refractivity contribution in [3.8, 4) is 0 Å². The lowest BCUT2D eigenvalue weighted by molar-refractivity contribution is 0.852. The molecule has 0 aromatic heterocycles. The van der Waals surface area contributed by atoms with Gasteiger partial charge in [-0.05, 0) is 31.2 Å². The van der Waals surface area contributed by atoms with Crippen molar-refractivity contribution in [2.24, 2.45) is 5.73 Å². The minimum atomic E-state index is -0.0313. The molecule has 0 spiro atoms. The molecular weight excluding hydrogens is 160 g/mol. The standard InChI is InChI=1S/C8H11ClN2/c1-6(10)11-8-4-2-7(9)3-5-8/h2-6,11H,10H2,1H3. The normalized spacial score (nSPS) is 12.6. The van der Waals surface area contributed by atoms with Crippen LogP contribution in [0.2, 0.25) is 5.02 Å². The fourth-order valence-electron chi connectivity index (χ4n) is 0.809. The Hall–Kier alpha value is -0.730. The molecule has 1 rings (SSSR count). The summed E-state index contributed by atoms with van der Waals surface area (Å²) < 4.78 is 0. The SMILES string of the molecule is CC(N)Nc1ccc(Cl)cc1. The minimum absolute atomic E-state index is 0.0313. The zero-order valence-corrected chi connectivity index (χ0v) is 7.10. The van der Waals surface area contributed by atoms with Gasteiger partial charge >= 0.3 is 0 Å². The lowest BCUT2D eigenvalue weighted by atomic mass is 10.3. The molecule has 2 nitrogen and oxygen atoms in total. The van der Waals surface area contributed by atoms with Crippen LogP contribution in [0.3, 0.4) is 0 Å². The lowest BCUT2D eigenvalue weighted by Crippen LogP contribution is -2.24. The number of hydrogen-bond donors (Lipinski definition) is 2. The Morgan fingerprint density at radius 2 is 1.91 bits per heavy atom. The van der Waals surface area contributed by atoms with E-state index in [1.54, 1.807) is 0 Å². The lowest BCUT2D eigenvalue weighted by Gasteiger charge is -2.08. The number of rotatable bonds is 2. The summed E-state index contributed by atoms with van der Waals surface area (Å²) in [6, 6.07) is 7.44. The van der Waals surface area contributed by atoms with Crippen LogP contribution in [-0.4, -0.2) is 6.17 Å². The van der Waals surface area contributed by atoms with E-state index in [0.717, 1.165) is 10.7 Å². The molecular formula is C8H11ClN2. The van der Waals surface area contributed by atoms with Crippen molar-refractivity contribution in [2.45, 2.75) is 13.1 Å². The molecule has 0 aliphatic heterocycles. The second-order valence-corrected chi connectivity index (χ2v) is 2.88. The van der Waals surface area contributed by atoms with E-state index in [9.17, 15) is 0 Å². The summed E-state index contributed by atoms with van der Waals surface area (Å²) in [6.07, 6.45) is -0.0313. The van der Waals surface area contributed by atoms with Crippen molar-refractivity contribution in [3.63, 3.8) is 0 Å². The Labute approximate surface area is 71.4 Å². The molecule has 1 atom stereocenters. The molecule has 1 aromatic carbocycles. The summed E-state index contributed by atoms with van der Waals surface area (Å²) in [4.78, 5) is 0. The third-order valence-corrected chi connectivity index (χ3v) is 1.49. The maximum Gasteiger partial charge on any atom is 0.0714 e. The van der Waals surface area contributed by atoms with E-state index < -0.39 is 0 Å². The Morgan fingerprint density at radius 1 is 1.36 bits per heavy atom. The van der Waals surface area contributed by atoms with Gasteiger partial charge in [-0.3, -0.25) is 0 Å². The van der Waals surface area contributed by atoms with Gasteiger partial charge in [0.25, 0.3) is 0 Å². The summed E-state index contributed by atoms with van der Waals surface area (Å²) >= 11 is 5.69. The molecule has 0 heterocycles. The van der Waals surface area contributed by atoms with E-state index in [1.807, 2.05) is 31.2 Å². The van der Waals surface area contributed by atoms with Crippen LogP contribution in [0.5, 0.6) is 0 Å². The molecule has 11 heavy (non-hydrogen) atoms. The van der Waals surface area contributed by atoms with Crippen LogP contribution in [-0.2, 0) is 0 Å². The summed E-state index contributed by atoms with van der Waals surface area (Å²) in [5, 5.41) is 3.79. The molecule has 0 aliphatic carbocycles. The molecule has 0 fully saturated rings. The van der Waals surface area contributed by atoms with Crippen LogP contribution in [0.4, 0.5) is 5.69 Å². The number of nitrogens with two attached hydrogens (primary N) is 1. The van der Waals surface area contributed by atoms with Gasteiger partial charge in [-0.2, -0.15) is 0 Å². The summed E-state index contributed by atoms with van der Waals surface area (Å²) in [5.74, 6) is 0.